The van der Waals surface area contributed by atoms with E-state index < -0.39 is 0 Å². The van der Waals surface area contributed by atoms with Crippen LogP contribution in [0.25, 0.3) is 0 Å². The third-order valence-electron chi connectivity index (χ3n) is 0. The van der Waals surface area contributed by atoms with Crippen LogP contribution in [0, 0.1) is 0 Å². The van der Waals surface area contributed by atoms with Crippen LogP contribution in [0.3, 0.4) is 0 Å². The average Bonchev–Trinajstić information content (AvgIpc) is 0. The summed E-state index contributed by atoms with van der Waals surface area (Å²) in [7, 11) is 0. The van der Waals surface area contributed by atoms with Crippen LogP contribution in [0.1, 0.15) is 7.43 Å². The first kappa shape index (κ1) is 50.7. The molecule has 0 amide bonds. The van der Waals surface area contributed by atoms with Gasteiger partial charge in [-0.2, -0.15) is 13.5 Å². The Bertz CT molecular complexity index is 8.00. The standard InChI is InChI=1S/CH4.Fe.Li.H2S.H/h1H4;;;1H2;. The van der Waals surface area contributed by atoms with Gasteiger partial charge in [-0.25, -0.2) is 0 Å². The molecule has 0 aliphatic heterocycles. The molecule has 3 heteroatoms. The average molecular weight is 114 g/mol. The zero-order valence-corrected chi connectivity index (χ0v) is 2.96. The molecule has 0 saturated heterocycles. The van der Waals surface area contributed by atoms with Gasteiger partial charge in [0.1, 0.15) is 0 Å². The van der Waals surface area contributed by atoms with Gasteiger partial charge in [0.25, 0.3) is 0 Å². The fraction of sp³-hybridized carbons (Fsp3) is 1.00. The van der Waals surface area contributed by atoms with Crippen molar-refractivity contribution >= 4 is 32.4 Å². The second kappa shape index (κ2) is 25.0. The minimum atomic E-state index is 0. The Kier molecular flexibility index (Phi) is 316. The summed E-state index contributed by atoms with van der Waals surface area (Å²) in [5.74, 6) is 0. The van der Waals surface area contributed by atoms with E-state index in [0.717, 1.165) is 0 Å². The van der Waals surface area contributed by atoms with Gasteiger partial charge in [0, 0.05) is 17.1 Å². The van der Waals surface area contributed by atoms with Crippen molar-refractivity contribution in [3.8, 4) is 0 Å². The van der Waals surface area contributed by atoms with Crippen LogP contribution in [-0.2, 0) is 17.1 Å². The van der Waals surface area contributed by atoms with E-state index in [1.165, 1.54) is 0 Å². The molecule has 0 nitrogen and oxygen atoms in total. The summed E-state index contributed by atoms with van der Waals surface area (Å²) in [4.78, 5) is 0. The first-order chi connectivity index (χ1) is 0. The van der Waals surface area contributed by atoms with Gasteiger partial charge in [0.2, 0.25) is 0 Å². The molecule has 0 N–H and O–H groups in total. The van der Waals surface area contributed by atoms with Crippen molar-refractivity contribution in [2.45, 2.75) is 7.43 Å². The third-order valence-corrected chi connectivity index (χ3v) is 0. The van der Waals surface area contributed by atoms with Crippen LogP contribution in [0.2, 0.25) is 0 Å². The van der Waals surface area contributed by atoms with Crippen molar-refractivity contribution in [1.29, 1.82) is 0 Å². The van der Waals surface area contributed by atoms with E-state index in [2.05, 4.69) is 0 Å². The molecule has 0 fully saturated rings. The monoisotopic (exact) mass is 114 g/mol. The van der Waals surface area contributed by atoms with Crippen molar-refractivity contribution in [2.75, 3.05) is 0 Å². The van der Waals surface area contributed by atoms with E-state index in [1.54, 1.807) is 0 Å². The molecule has 0 aliphatic rings. The zero-order chi connectivity index (χ0) is 0. The van der Waals surface area contributed by atoms with E-state index in [0.29, 0.717) is 0 Å². The second-order valence-electron chi connectivity index (χ2n) is 0. The Labute approximate surface area is 56.8 Å². The van der Waals surface area contributed by atoms with Crippen LogP contribution in [0.15, 0.2) is 0 Å². The molecule has 0 radical (unpaired) electrons. The van der Waals surface area contributed by atoms with Gasteiger partial charge in [-0.15, -0.1) is 0 Å². The molecule has 0 aromatic carbocycles. The summed E-state index contributed by atoms with van der Waals surface area (Å²) in [6.07, 6.45) is 0. The van der Waals surface area contributed by atoms with E-state index in [1.807, 2.05) is 0 Å². The van der Waals surface area contributed by atoms with Gasteiger partial charge in [0.15, 0.2) is 0 Å². The van der Waals surface area contributed by atoms with Gasteiger partial charge in [-0.3, -0.25) is 0 Å². The molecule has 0 heterocycles. The van der Waals surface area contributed by atoms with Gasteiger partial charge in [0.05, 0.1) is 0 Å². The molecule has 0 saturated carbocycles. The molecular weight excluding hydrogens is 107 g/mol. The summed E-state index contributed by atoms with van der Waals surface area (Å²) in [6.45, 7) is 0. The molecule has 0 rings (SSSR count). The second-order valence-corrected chi connectivity index (χ2v) is 0. The molecule has 0 unspecified atom stereocenters. The predicted octanol–water partition coefficient (Wildman–Crippen LogP) is 0.0979. The minimum absolute atomic E-state index is 0. The van der Waals surface area contributed by atoms with Gasteiger partial charge < -0.3 is 0 Å². The SMILES string of the molecule is C.S.[Fe].[LiH]. The van der Waals surface area contributed by atoms with E-state index in [4.69, 9.17) is 0 Å². The van der Waals surface area contributed by atoms with Gasteiger partial charge >= 0.3 is 18.9 Å². The number of rotatable bonds is 0. The first-order valence-corrected chi connectivity index (χ1v) is 0. The molecule has 0 aromatic heterocycles. The quantitative estimate of drug-likeness (QED) is 0.391. The number of hydrogen-bond donors (Lipinski definition) is 0. The fourth-order valence-corrected chi connectivity index (χ4v) is 0. The van der Waals surface area contributed by atoms with Crippen LogP contribution in [-0.4, -0.2) is 18.9 Å². The van der Waals surface area contributed by atoms with Crippen molar-refractivity contribution in [1.82, 2.24) is 0 Å². The zero-order valence-electron chi connectivity index (χ0n) is 0.854. The van der Waals surface area contributed by atoms with Crippen LogP contribution >= 0.6 is 13.5 Å². The number of hydrogen-bond acceptors (Lipinski definition) is 0. The summed E-state index contributed by atoms with van der Waals surface area (Å²) in [5, 5.41) is 0. The Hall–Kier alpha value is 1.47. The van der Waals surface area contributed by atoms with E-state index in [-0.39, 0.29) is 56.9 Å². The summed E-state index contributed by atoms with van der Waals surface area (Å²) in [5.41, 5.74) is 0. The van der Waals surface area contributed by atoms with Crippen LogP contribution in [0.4, 0.5) is 0 Å². The van der Waals surface area contributed by atoms with Crippen molar-refractivity contribution < 1.29 is 17.1 Å². The first-order valence-electron chi connectivity index (χ1n) is 0. The maximum absolute atomic E-state index is 0. The molecule has 0 bridgehead atoms. The topological polar surface area (TPSA) is 0 Å². The normalized spacial score (nSPS) is 0. The molecule has 4 heavy (non-hydrogen) atoms. The van der Waals surface area contributed by atoms with Crippen molar-refractivity contribution in [3.05, 3.63) is 0 Å². The summed E-state index contributed by atoms with van der Waals surface area (Å²) in [6, 6.07) is 0. The van der Waals surface area contributed by atoms with Gasteiger partial charge in [-0.1, -0.05) is 7.43 Å². The Morgan fingerprint density at radius 1 is 1.00 bits per heavy atom. The fourth-order valence-electron chi connectivity index (χ4n) is 0. The van der Waals surface area contributed by atoms with Crippen molar-refractivity contribution in [3.63, 3.8) is 0 Å². The molecule has 26 valence electrons. The Morgan fingerprint density at radius 2 is 1.00 bits per heavy atom. The van der Waals surface area contributed by atoms with E-state index >= 15 is 0 Å². The van der Waals surface area contributed by atoms with Crippen LogP contribution < -0.4 is 0 Å². The molecule has 0 atom stereocenters. The summed E-state index contributed by atoms with van der Waals surface area (Å²) >= 11 is 0. The molecule has 0 spiro atoms. The third kappa shape index (κ3) is 9.80. The summed E-state index contributed by atoms with van der Waals surface area (Å²) < 4.78 is 0. The predicted molar refractivity (Wildman–Crippen MR) is 24.3 cm³/mol. The van der Waals surface area contributed by atoms with Crippen LogP contribution in [0.5, 0.6) is 0 Å². The molecular formula is CH7FeLiS. The molecule has 0 aliphatic carbocycles. The van der Waals surface area contributed by atoms with Crippen molar-refractivity contribution in [2.24, 2.45) is 0 Å². The van der Waals surface area contributed by atoms with Gasteiger partial charge in [-0.05, 0) is 0 Å². The van der Waals surface area contributed by atoms with E-state index in [9.17, 15) is 0 Å². The molecule has 0 aromatic rings. The Morgan fingerprint density at radius 3 is 1.00 bits per heavy atom. The maximum atomic E-state index is 0. The Balaban J connectivity index is 0.